The van der Waals surface area contributed by atoms with Crippen LogP contribution in [-0.2, 0) is 0 Å². The van der Waals surface area contributed by atoms with E-state index in [9.17, 15) is 18.3 Å². The number of phenolic OH excluding ortho intramolecular Hbond substituents is 1. The molecule has 19 heavy (non-hydrogen) atoms. The van der Waals surface area contributed by atoms with E-state index in [1.54, 1.807) is 4.90 Å². The molecule has 106 valence electrons. The lowest BCUT2D eigenvalue weighted by atomic mass is 10.0. The third kappa shape index (κ3) is 3.04. The normalized spacial score (nSPS) is 18.8. The second-order valence-electron chi connectivity index (χ2n) is 4.36. The quantitative estimate of drug-likeness (QED) is 0.888. The fourth-order valence-corrected chi connectivity index (χ4v) is 2.57. The number of benzene rings is 1. The Kier molecular flexibility index (Phi) is 4.70. The predicted octanol–water partition coefficient (Wildman–Crippen LogP) is 2.51. The van der Waals surface area contributed by atoms with E-state index in [1.165, 1.54) is 12.1 Å². The van der Waals surface area contributed by atoms with Gasteiger partial charge in [0.05, 0.1) is 4.47 Å². The van der Waals surface area contributed by atoms with Crippen LogP contribution in [0.4, 0.5) is 13.2 Å². The van der Waals surface area contributed by atoms with Crippen LogP contribution in [-0.4, -0.2) is 42.6 Å². The molecule has 0 saturated carbocycles. The third-order valence-electron chi connectivity index (χ3n) is 3.20. The molecule has 1 atom stereocenters. The van der Waals surface area contributed by atoms with Gasteiger partial charge in [0, 0.05) is 31.7 Å². The Balaban J connectivity index is 2.36. The number of hydrogen-bond acceptors (Lipinski definition) is 3. The molecule has 7 heteroatoms. The highest BCUT2D eigenvalue weighted by molar-refractivity contribution is 9.10. The van der Waals surface area contributed by atoms with E-state index < -0.39 is 24.0 Å². The number of piperazine rings is 1. The second kappa shape index (κ2) is 6.11. The first-order chi connectivity index (χ1) is 9.02. The van der Waals surface area contributed by atoms with E-state index >= 15 is 0 Å². The molecule has 0 unspecified atom stereocenters. The van der Waals surface area contributed by atoms with Gasteiger partial charge in [-0.15, -0.1) is 0 Å². The van der Waals surface area contributed by atoms with E-state index in [1.807, 2.05) is 0 Å². The summed E-state index contributed by atoms with van der Waals surface area (Å²) in [6, 6.07) is 1.38. The number of phenols is 1. The molecule has 0 radical (unpaired) electrons. The van der Waals surface area contributed by atoms with Crippen LogP contribution in [0.1, 0.15) is 11.6 Å². The van der Waals surface area contributed by atoms with Gasteiger partial charge in [0.15, 0.2) is 11.6 Å². The van der Waals surface area contributed by atoms with Crippen molar-refractivity contribution in [2.45, 2.75) is 12.5 Å². The van der Waals surface area contributed by atoms with E-state index in [-0.39, 0.29) is 10.0 Å². The second-order valence-corrected chi connectivity index (χ2v) is 5.22. The van der Waals surface area contributed by atoms with Crippen LogP contribution in [0.3, 0.4) is 0 Å². The minimum Gasteiger partial charge on any atom is -0.505 e. The van der Waals surface area contributed by atoms with Crippen molar-refractivity contribution in [1.82, 2.24) is 10.2 Å². The summed E-state index contributed by atoms with van der Waals surface area (Å²) in [6.45, 7) is 2.07. The van der Waals surface area contributed by atoms with Gasteiger partial charge < -0.3 is 10.4 Å². The van der Waals surface area contributed by atoms with Gasteiger partial charge in [0.1, 0.15) is 6.04 Å². The van der Waals surface area contributed by atoms with Crippen LogP contribution >= 0.6 is 15.9 Å². The lowest BCUT2D eigenvalue weighted by Crippen LogP contribution is -2.46. The van der Waals surface area contributed by atoms with Crippen LogP contribution in [0.5, 0.6) is 5.75 Å². The minimum absolute atomic E-state index is 0.0575. The fourth-order valence-electron chi connectivity index (χ4n) is 2.25. The molecule has 1 aromatic rings. The number of alkyl halides is 2. The van der Waals surface area contributed by atoms with Gasteiger partial charge in [-0.1, -0.05) is 6.07 Å². The van der Waals surface area contributed by atoms with Crippen LogP contribution in [0.25, 0.3) is 0 Å². The van der Waals surface area contributed by atoms with Crippen molar-refractivity contribution in [3.63, 3.8) is 0 Å². The largest absolute Gasteiger partial charge is 0.505 e. The molecule has 1 aromatic carbocycles. The predicted molar refractivity (Wildman–Crippen MR) is 69.0 cm³/mol. The number of halogens is 4. The molecule has 0 bridgehead atoms. The Morgan fingerprint density at radius 3 is 2.47 bits per heavy atom. The molecular formula is C12H14BrF3N2O. The van der Waals surface area contributed by atoms with Crippen LogP contribution < -0.4 is 5.32 Å². The van der Waals surface area contributed by atoms with Gasteiger partial charge in [-0.3, -0.25) is 4.90 Å². The standard InChI is InChI=1S/C12H14BrF3N2O/c13-8-2-1-7(11(19)9(8)14)10(12(15)16)18-5-3-17-4-6-18/h1-2,10,12,17,19H,3-6H2/t10-/m0/s1. The maximum absolute atomic E-state index is 13.6. The van der Waals surface area contributed by atoms with Crippen molar-refractivity contribution < 1.29 is 18.3 Å². The SMILES string of the molecule is Oc1c([C@@H](C(F)F)N2CCNCC2)ccc(Br)c1F. The maximum atomic E-state index is 13.6. The zero-order chi connectivity index (χ0) is 14.0. The number of nitrogens with zero attached hydrogens (tertiary/aromatic N) is 1. The number of aromatic hydroxyl groups is 1. The first-order valence-corrected chi connectivity index (χ1v) is 6.71. The molecule has 1 fully saturated rings. The summed E-state index contributed by atoms with van der Waals surface area (Å²) in [5.41, 5.74) is -0.0717. The van der Waals surface area contributed by atoms with E-state index in [4.69, 9.17) is 0 Å². The van der Waals surface area contributed by atoms with Gasteiger partial charge in [-0.05, 0) is 22.0 Å². The molecule has 1 heterocycles. The molecule has 2 rings (SSSR count). The first kappa shape index (κ1) is 14.6. The smallest absolute Gasteiger partial charge is 0.258 e. The van der Waals surface area contributed by atoms with Crippen LogP contribution in [0.15, 0.2) is 16.6 Å². The summed E-state index contributed by atoms with van der Waals surface area (Å²) in [5.74, 6) is -1.61. The lowest BCUT2D eigenvalue weighted by Gasteiger charge is -2.34. The van der Waals surface area contributed by atoms with E-state index in [0.717, 1.165) is 0 Å². The highest BCUT2D eigenvalue weighted by Crippen LogP contribution is 2.37. The summed E-state index contributed by atoms with van der Waals surface area (Å²) >= 11 is 2.92. The zero-order valence-electron chi connectivity index (χ0n) is 10.0. The summed E-state index contributed by atoms with van der Waals surface area (Å²) in [7, 11) is 0. The van der Waals surface area contributed by atoms with E-state index in [0.29, 0.717) is 26.2 Å². The summed E-state index contributed by atoms with van der Waals surface area (Å²) in [5, 5.41) is 12.8. The zero-order valence-corrected chi connectivity index (χ0v) is 11.6. The van der Waals surface area contributed by atoms with Crippen LogP contribution in [0.2, 0.25) is 0 Å². The average Bonchev–Trinajstić information content (AvgIpc) is 2.40. The van der Waals surface area contributed by atoms with Gasteiger partial charge in [-0.25, -0.2) is 13.2 Å². The van der Waals surface area contributed by atoms with Crippen LogP contribution in [0, 0.1) is 5.82 Å². The monoisotopic (exact) mass is 338 g/mol. The summed E-state index contributed by atoms with van der Waals surface area (Å²) < 4.78 is 40.2. The lowest BCUT2D eigenvalue weighted by molar-refractivity contribution is 0.0168. The Bertz CT molecular complexity index is 453. The number of rotatable bonds is 3. The topological polar surface area (TPSA) is 35.5 Å². The third-order valence-corrected chi connectivity index (χ3v) is 3.81. The molecule has 0 amide bonds. The molecular weight excluding hydrogens is 325 g/mol. The average molecular weight is 339 g/mol. The van der Waals surface area contributed by atoms with Crippen molar-refractivity contribution in [3.05, 3.63) is 28.0 Å². The number of nitrogens with one attached hydrogen (secondary N) is 1. The van der Waals surface area contributed by atoms with E-state index in [2.05, 4.69) is 21.2 Å². The molecule has 0 aromatic heterocycles. The van der Waals surface area contributed by atoms with Gasteiger partial charge in [0.2, 0.25) is 0 Å². The molecule has 1 saturated heterocycles. The highest BCUT2D eigenvalue weighted by atomic mass is 79.9. The van der Waals surface area contributed by atoms with Crippen molar-refractivity contribution >= 4 is 15.9 Å². The molecule has 1 aliphatic heterocycles. The van der Waals surface area contributed by atoms with Crippen molar-refractivity contribution in [2.75, 3.05) is 26.2 Å². The minimum atomic E-state index is -2.69. The number of hydrogen-bond donors (Lipinski definition) is 2. The molecule has 2 N–H and O–H groups in total. The Morgan fingerprint density at radius 1 is 1.26 bits per heavy atom. The summed E-state index contributed by atoms with van der Waals surface area (Å²) in [4.78, 5) is 1.56. The maximum Gasteiger partial charge on any atom is 0.258 e. The molecule has 3 nitrogen and oxygen atoms in total. The fraction of sp³-hybridized carbons (Fsp3) is 0.500. The van der Waals surface area contributed by atoms with Gasteiger partial charge >= 0.3 is 0 Å². The summed E-state index contributed by atoms with van der Waals surface area (Å²) in [6.07, 6.45) is -2.69. The molecule has 1 aliphatic rings. The Labute approximate surface area is 117 Å². The molecule has 0 spiro atoms. The first-order valence-electron chi connectivity index (χ1n) is 5.92. The Hall–Kier alpha value is -0.790. The Morgan fingerprint density at radius 2 is 1.89 bits per heavy atom. The van der Waals surface area contributed by atoms with Gasteiger partial charge in [-0.2, -0.15) is 0 Å². The van der Waals surface area contributed by atoms with Crippen molar-refractivity contribution in [2.24, 2.45) is 0 Å². The van der Waals surface area contributed by atoms with Gasteiger partial charge in [0.25, 0.3) is 6.43 Å². The van der Waals surface area contributed by atoms with Crippen molar-refractivity contribution in [3.8, 4) is 5.75 Å². The van der Waals surface area contributed by atoms with Crippen molar-refractivity contribution in [1.29, 1.82) is 0 Å². The highest BCUT2D eigenvalue weighted by Gasteiger charge is 2.33. The molecule has 0 aliphatic carbocycles.